The second-order valence-electron chi connectivity index (χ2n) is 11.2. The maximum atomic E-state index is 14.3. The zero-order valence-electron chi connectivity index (χ0n) is 21.8. The zero-order valence-corrected chi connectivity index (χ0v) is 21.8. The largest absolute Gasteiger partial charge is 0.392 e. The van der Waals surface area contributed by atoms with E-state index in [2.05, 4.69) is 64.1 Å². The predicted octanol–water partition coefficient (Wildman–Crippen LogP) is 4.98. The Morgan fingerprint density at radius 3 is 2.61 bits per heavy atom. The monoisotopic (exact) mass is 511 g/mol. The molecule has 0 bridgehead atoms. The number of hydrogen-bond donors (Lipinski definition) is 3. The van der Waals surface area contributed by atoms with Crippen molar-refractivity contribution in [2.45, 2.75) is 63.3 Å². The van der Waals surface area contributed by atoms with Gasteiger partial charge in [0.25, 0.3) is 5.91 Å². The first-order chi connectivity index (χ1) is 18.6. The number of aliphatic hydroxyl groups is 1. The molecule has 6 nitrogen and oxygen atoms in total. The molecule has 6 heteroatoms. The van der Waals surface area contributed by atoms with E-state index in [1.54, 1.807) is 24.3 Å². The minimum Gasteiger partial charge on any atom is -0.392 e. The van der Waals surface area contributed by atoms with Gasteiger partial charge in [-0.15, -0.1) is 0 Å². The first kappa shape index (κ1) is 24.9. The molecule has 2 aromatic carbocycles. The number of amides is 2. The van der Waals surface area contributed by atoms with E-state index in [0.717, 1.165) is 56.3 Å². The van der Waals surface area contributed by atoms with Crippen LogP contribution in [-0.2, 0) is 11.4 Å². The Labute approximate surface area is 224 Å². The number of likely N-dealkylation sites (tertiary alicyclic amines) is 1. The van der Waals surface area contributed by atoms with E-state index in [1.165, 1.54) is 5.56 Å². The molecular weight excluding hydrogens is 474 g/mol. The Hall–Kier alpha value is -3.38. The second kappa shape index (κ2) is 10.8. The fourth-order valence-electron chi connectivity index (χ4n) is 7.13. The lowest BCUT2D eigenvalue weighted by Crippen LogP contribution is -2.51. The molecule has 1 saturated heterocycles. The SMILES string of the molecule is O=C(NC1CCCC[C@@H]1C(=O)N1CC[C@@H]2[C@H](C3C=CC=CC3)Nc3ccccc3[C@@H]21)c1ccc(CO)cc1. The number of carbonyl (C=O) groups is 2. The standard InChI is InChI=1S/C32H37N3O3/c36-20-21-14-16-23(17-15-21)31(37)34-28-13-7-5-11-25(28)32(38)35-19-18-26-29(22-8-2-1-3-9-22)33-27-12-6-4-10-24(27)30(26)35/h1-4,6,8,10,12,14-17,22,25-26,28-30,33,36H,5,7,9,11,13,18-20H2,(H,34,37)/t22?,25-,26+,28?,29-,30-/m0/s1. The van der Waals surface area contributed by atoms with Crippen molar-refractivity contribution in [1.29, 1.82) is 0 Å². The molecule has 198 valence electrons. The molecule has 38 heavy (non-hydrogen) atoms. The summed E-state index contributed by atoms with van der Waals surface area (Å²) in [5.41, 5.74) is 3.69. The van der Waals surface area contributed by atoms with E-state index < -0.39 is 0 Å². The van der Waals surface area contributed by atoms with Gasteiger partial charge >= 0.3 is 0 Å². The quantitative estimate of drug-likeness (QED) is 0.529. The molecule has 3 N–H and O–H groups in total. The van der Waals surface area contributed by atoms with Gasteiger partial charge in [-0.1, -0.05) is 67.5 Å². The lowest BCUT2D eigenvalue weighted by Gasteiger charge is -2.44. The number of aliphatic hydroxyl groups excluding tert-OH is 1. The lowest BCUT2D eigenvalue weighted by molar-refractivity contribution is -0.139. The minimum absolute atomic E-state index is 0.0493. The number of allylic oxidation sites excluding steroid dienone is 3. The number of fused-ring (bicyclic) bond motifs is 3. The van der Waals surface area contributed by atoms with Crippen LogP contribution in [0.1, 0.15) is 66.1 Å². The van der Waals surface area contributed by atoms with Gasteiger partial charge in [0, 0.05) is 41.7 Å². The van der Waals surface area contributed by atoms with Gasteiger partial charge in [0.1, 0.15) is 0 Å². The number of hydrogen-bond acceptors (Lipinski definition) is 4. The zero-order chi connectivity index (χ0) is 26.1. The van der Waals surface area contributed by atoms with E-state index >= 15 is 0 Å². The van der Waals surface area contributed by atoms with Gasteiger partial charge in [0.15, 0.2) is 0 Å². The Bertz CT molecular complexity index is 1240. The van der Waals surface area contributed by atoms with Crippen molar-refractivity contribution in [3.05, 3.63) is 89.5 Å². The Kier molecular flexibility index (Phi) is 7.07. The third kappa shape index (κ3) is 4.66. The van der Waals surface area contributed by atoms with Crippen LogP contribution in [0.2, 0.25) is 0 Å². The van der Waals surface area contributed by atoms with Crippen LogP contribution in [0.5, 0.6) is 0 Å². The molecule has 2 aromatic rings. The number of nitrogens with one attached hydrogen (secondary N) is 2. The van der Waals surface area contributed by atoms with Crippen LogP contribution < -0.4 is 10.6 Å². The van der Waals surface area contributed by atoms with Crippen molar-refractivity contribution in [2.24, 2.45) is 17.8 Å². The third-order valence-electron chi connectivity index (χ3n) is 9.06. The summed E-state index contributed by atoms with van der Waals surface area (Å²) in [6.45, 7) is 0.707. The molecule has 6 rings (SSSR count). The Balaban J connectivity index is 1.23. The molecule has 6 atom stereocenters. The molecular formula is C32H37N3O3. The van der Waals surface area contributed by atoms with E-state index in [0.29, 0.717) is 17.4 Å². The first-order valence-corrected chi connectivity index (χ1v) is 14.1. The smallest absolute Gasteiger partial charge is 0.251 e. The van der Waals surface area contributed by atoms with Crippen LogP contribution in [0.3, 0.4) is 0 Å². The van der Waals surface area contributed by atoms with Crippen LogP contribution >= 0.6 is 0 Å². The van der Waals surface area contributed by atoms with E-state index in [9.17, 15) is 14.7 Å². The molecule has 2 heterocycles. The van der Waals surface area contributed by atoms with Crippen molar-refractivity contribution in [3.8, 4) is 0 Å². The Morgan fingerprint density at radius 1 is 1.00 bits per heavy atom. The molecule has 2 amide bonds. The number of carbonyl (C=O) groups excluding carboxylic acids is 2. The molecule has 0 radical (unpaired) electrons. The van der Waals surface area contributed by atoms with Gasteiger partial charge in [-0.2, -0.15) is 0 Å². The third-order valence-corrected chi connectivity index (χ3v) is 9.06. The van der Waals surface area contributed by atoms with Crippen molar-refractivity contribution in [1.82, 2.24) is 10.2 Å². The summed E-state index contributed by atoms with van der Waals surface area (Å²) in [6.07, 6.45) is 14.5. The number of para-hydroxylation sites is 1. The van der Waals surface area contributed by atoms with Crippen LogP contribution in [0.25, 0.3) is 0 Å². The number of nitrogens with zero attached hydrogens (tertiary/aromatic N) is 1. The summed E-state index contributed by atoms with van der Waals surface area (Å²) >= 11 is 0. The van der Waals surface area contributed by atoms with Gasteiger partial charge in [-0.05, 0) is 55.0 Å². The average molecular weight is 512 g/mol. The average Bonchev–Trinajstić information content (AvgIpc) is 3.43. The van der Waals surface area contributed by atoms with Gasteiger partial charge in [-0.3, -0.25) is 9.59 Å². The molecule has 2 fully saturated rings. The van der Waals surface area contributed by atoms with Crippen molar-refractivity contribution < 1.29 is 14.7 Å². The molecule has 0 spiro atoms. The molecule has 2 unspecified atom stereocenters. The van der Waals surface area contributed by atoms with Crippen LogP contribution in [-0.4, -0.2) is 40.4 Å². The van der Waals surface area contributed by atoms with Gasteiger partial charge in [0.2, 0.25) is 5.91 Å². The molecule has 2 aliphatic heterocycles. The molecule has 4 aliphatic rings. The first-order valence-electron chi connectivity index (χ1n) is 14.1. The predicted molar refractivity (Wildman–Crippen MR) is 148 cm³/mol. The highest BCUT2D eigenvalue weighted by Crippen LogP contribution is 2.49. The summed E-state index contributed by atoms with van der Waals surface area (Å²) in [4.78, 5) is 29.5. The molecule has 1 saturated carbocycles. The summed E-state index contributed by atoms with van der Waals surface area (Å²) < 4.78 is 0. The van der Waals surface area contributed by atoms with Gasteiger partial charge < -0.3 is 20.6 Å². The fourth-order valence-corrected chi connectivity index (χ4v) is 7.13. The van der Waals surface area contributed by atoms with Crippen molar-refractivity contribution >= 4 is 17.5 Å². The van der Waals surface area contributed by atoms with E-state index in [4.69, 9.17) is 0 Å². The van der Waals surface area contributed by atoms with Crippen molar-refractivity contribution in [3.63, 3.8) is 0 Å². The van der Waals surface area contributed by atoms with Gasteiger partial charge in [-0.25, -0.2) is 0 Å². The highest BCUT2D eigenvalue weighted by Gasteiger charge is 2.49. The van der Waals surface area contributed by atoms with Crippen LogP contribution in [0, 0.1) is 17.8 Å². The van der Waals surface area contributed by atoms with E-state index in [1.807, 2.05) is 0 Å². The van der Waals surface area contributed by atoms with Gasteiger partial charge in [0.05, 0.1) is 18.6 Å². The molecule has 2 aliphatic carbocycles. The highest BCUT2D eigenvalue weighted by atomic mass is 16.3. The molecule has 0 aromatic heterocycles. The topological polar surface area (TPSA) is 81.7 Å². The summed E-state index contributed by atoms with van der Waals surface area (Å²) in [6, 6.07) is 15.7. The van der Waals surface area contributed by atoms with E-state index in [-0.39, 0.29) is 42.5 Å². The number of anilines is 1. The summed E-state index contributed by atoms with van der Waals surface area (Å²) in [5.74, 6) is 0.600. The number of rotatable bonds is 5. The normalized spacial score (nSPS) is 29.8. The van der Waals surface area contributed by atoms with Crippen molar-refractivity contribution in [2.75, 3.05) is 11.9 Å². The maximum absolute atomic E-state index is 14.3. The summed E-state index contributed by atoms with van der Waals surface area (Å²) in [5, 5.41) is 16.4. The second-order valence-corrected chi connectivity index (χ2v) is 11.2. The lowest BCUT2D eigenvalue weighted by atomic mass is 9.75. The minimum atomic E-state index is -0.207. The maximum Gasteiger partial charge on any atom is 0.251 e. The summed E-state index contributed by atoms with van der Waals surface area (Å²) in [7, 11) is 0. The fraction of sp³-hybridized carbons (Fsp3) is 0.438. The Morgan fingerprint density at radius 2 is 1.82 bits per heavy atom. The van der Waals surface area contributed by atoms with Crippen LogP contribution in [0.15, 0.2) is 72.8 Å². The van der Waals surface area contributed by atoms with Crippen LogP contribution in [0.4, 0.5) is 5.69 Å². The highest BCUT2D eigenvalue weighted by molar-refractivity contribution is 5.95. The number of benzene rings is 2.